The number of hydrogen-bond donors (Lipinski definition) is 0. The monoisotopic (exact) mass is 472 g/mol. The van der Waals surface area contributed by atoms with Crippen molar-refractivity contribution < 1.29 is 28.6 Å². The fraction of sp³-hybridized carbons (Fsp3) is 0.208. The van der Waals surface area contributed by atoms with Crippen molar-refractivity contribution in [2.45, 2.75) is 17.7 Å². The lowest BCUT2D eigenvalue weighted by molar-refractivity contribution is -0.138. The first kappa shape index (κ1) is 25.3. The van der Waals surface area contributed by atoms with Gasteiger partial charge < -0.3 is 14.2 Å². The first-order chi connectivity index (χ1) is 15.5. The number of benzene rings is 2. The Morgan fingerprint density at radius 1 is 0.875 bits per heavy atom. The van der Waals surface area contributed by atoms with Crippen molar-refractivity contribution in [3.8, 4) is 11.5 Å². The zero-order valence-corrected chi connectivity index (χ0v) is 19.1. The highest BCUT2D eigenvalue weighted by Crippen LogP contribution is 2.26. The maximum atomic E-state index is 12.5. The zero-order chi connectivity index (χ0) is 23.2. The average molecular weight is 473 g/mol. The average Bonchev–Trinajstić information content (AvgIpc) is 2.80. The van der Waals surface area contributed by atoms with E-state index in [-0.39, 0.29) is 23.3 Å². The summed E-state index contributed by atoms with van der Waals surface area (Å²) < 4.78 is 15.7. The second-order valence-electron chi connectivity index (χ2n) is 6.21. The molecular weight excluding hydrogens is 448 g/mol. The van der Waals surface area contributed by atoms with E-state index in [1.165, 1.54) is 17.8 Å². The molecule has 0 saturated carbocycles. The van der Waals surface area contributed by atoms with Crippen LogP contribution in [0.4, 0.5) is 0 Å². The van der Waals surface area contributed by atoms with Gasteiger partial charge in [0.2, 0.25) is 10.2 Å². The first-order valence-corrected chi connectivity index (χ1v) is 11.6. The van der Waals surface area contributed by atoms with E-state index < -0.39 is 5.97 Å². The molecular formula is C24H24O6S2. The third-order valence-corrected chi connectivity index (χ3v) is 5.76. The highest BCUT2D eigenvalue weighted by molar-refractivity contribution is 8.14. The minimum Gasteiger partial charge on any atom is -0.494 e. The molecule has 0 N–H and O–H groups in total. The number of ether oxygens (including phenoxy) is 3. The topological polar surface area (TPSA) is 78.9 Å². The van der Waals surface area contributed by atoms with Gasteiger partial charge in [0.05, 0.1) is 25.9 Å². The van der Waals surface area contributed by atoms with Crippen molar-refractivity contribution >= 4 is 39.7 Å². The van der Waals surface area contributed by atoms with E-state index in [1.54, 1.807) is 24.3 Å². The molecule has 2 aromatic carbocycles. The van der Waals surface area contributed by atoms with Crippen molar-refractivity contribution in [1.29, 1.82) is 0 Å². The second-order valence-corrected chi connectivity index (χ2v) is 8.36. The molecule has 0 aliphatic rings. The Kier molecular flexibility index (Phi) is 11.2. The van der Waals surface area contributed by atoms with Crippen molar-refractivity contribution in [3.05, 3.63) is 79.6 Å². The van der Waals surface area contributed by atoms with E-state index in [0.717, 1.165) is 29.3 Å². The van der Waals surface area contributed by atoms with Crippen LogP contribution >= 0.6 is 23.5 Å². The van der Waals surface area contributed by atoms with Crippen LogP contribution in [0.25, 0.3) is 0 Å². The van der Waals surface area contributed by atoms with Gasteiger partial charge in [-0.3, -0.25) is 14.4 Å². The zero-order valence-electron chi connectivity index (χ0n) is 17.5. The fourth-order valence-corrected chi connectivity index (χ4v) is 3.66. The fourth-order valence-electron chi connectivity index (χ4n) is 2.34. The van der Waals surface area contributed by atoms with Crippen molar-refractivity contribution in [2.24, 2.45) is 0 Å². The Hall–Kier alpha value is -2.97. The van der Waals surface area contributed by atoms with Crippen LogP contribution < -0.4 is 9.47 Å². The number of esters is 1. The molecule has 0 spiro atoms. The van der Waals surface area contributed by atoms with Crippen LogP contribution in [0, 0.1) is 0 Å². The molecule has 6 nitrogen and oxygen atoms in total. The number of hydrogen-bond acceptors (Lipinski definition) is 8. The molecule has 2 aromatic rings. The molecule has 0 atom stereocenters. The molecule has 0 radical (unpaired) electrons. The third kappa shape index (κ3) is 9.45. The summed E-state index contributed by atoms with van der Waals surface area (Å²) in [4.78, 5) is 35.7. The van der Waals surface area contributed by atoms with Crippen LogP contribution in [0.5, 0.6) is 11.5 Å². The number of thioether (sulfide) groups is 2. The standard InChI is InChI=1S/C24H24O6S2/c1-3-23(26)31-17-5-15-29-20-10-12-21(13-11-20)32-24(27)18-6-8-19(9-7-18)30-16-14-22(25)28-4-2/h3-4,6-13H,1-2,5,14-17H2. The summed E-state index contributed by atoms with van der Waals surface area (Å²) in [6.45, 7) is 7.43. The van der Waals surface area contributed by atoms with Gasteiger partial charge in [-0.05, 0) is 72.8 Å². The Balaban J connectivity index is 1.74. The van der Waals surface area contributed by atoms with Crippen molar-refractivity contribution in [2.75, 3.05) is 19.0 Å². The molecule has 8 heteroatoms. The Bertz CT molecular complexity index is 923. The molecule has 0 unspecified atom stereocenters. The molecule has 168 valence electrons. The first-order valence-electron chi connectivity index (χ1n) is 9.79. The van der Waals surface area contributed by atoms with E-state index in [0.29, 0.717) is 29.4 Å². The van der Waals surface area contributed by atoms with Gasteiger partial charge >= 0.3 is 5.97 Å². The lowest BCUT2D eigenvalue weighted by Crippen LogP contribution is -2.07. The molecule has 0 fully saturated rings. The second kappa shape index (κ2) is 14.2. The summed E-state index contributed by atoms with van der Waals surface area (Å²) >= 11 is 2.34. The normalized spacial score (nSPS) is 10.1. The van der Waals surface area contributed by atoms with Crippen LogP contribution in [-0.2, 0) is 14.3 Å². The summed E-state index contributed by atoms with van der Waals surface area (Å²) in [5.74, 6) is 1.53. The molecule has 0 heterocycles. The number of rotatable bonds is 13. The quantitative estimate of drug-likeness (QED) is 0.128. The summed E-state index contributed by atoms with van der Waals surface area (Å²) in [5, 5.41) is -0.132. The van der Waals surface area contributed by atoms with E-state index in [2.05, 4.69) is 17.9 Å². The molecule has 0 aliphatic heterocycles. The summed E-state index contributed by atoms with van der Waals surface area (Å²) in [6.07, 6.45) is 3.24. The molecule has 0 bridgehead atoms. The van der Waals surface area contributed by atoms with Gasteiger partial charge in [-0.15, -0.1) is 0 Å². The summed E-state index contributed by atoms with van der Waals surface area (Å²) in [7, 11) is 0. The molecule has 0 amide bonds. The third-order valence-electron chi connectivity index (χ3n) is 3.88. The van der Waals surface area contributed by atoms with Crippen LogP contribution in [0.15, 0.2) is 78.9 Å². The predicted octanol–water partition coefficient (Wildman–Crippen LogP) is 5.29. The highest BCUT2D eigenvalue weighted by atomic mass is 32.2. The lowest BCUT2D eigenvalue weighted by Gasteiger charge is -2.08. The number of carbonyl (C=O) groups excluding carboxylic acids is 3. The molecule has 2 rings (SSSR count). The van der Waals surface area contributed by atoms with E-state index in [9.17, 15) is 14.4 Å². The van der Waals surface area contributed by atoms with Crippen LogP contribution in [0.1, 0.15) is 23.2 Å². The van der Waals surface area contributed by atoms with Gasteiger partial charge in [-0.1, -0.05) is 24.9 Å². The van der Waals surface area contributed by atoms with Gasteiger partial charge in [0.25, 0.3) is 0 Å². The maximum absolute atomic E-state index is 12.5. The molecule has 0 saturated heterocycles. The van der Waals surface area contributed by atoms with E-state index in [4.69, 9.17) is 9.47 Å². The van der Waals surface area contributed by atoms with Gasteiger partial charge in [-0.2, -0.15) is 0 Å². The Morgan fingerprint density at radius 3 is 2.12 bits per heavy atom. The highest BCUT2D eigenvalue weighted by Gasteiger charge is 2.09. The smallest absolute Gasteiger partial charge is 0.314 e. The maximum Gasteiger partial charge on any atom is 0.314 e. The lowest BCUT2D eigenvalue weighted by atomic mass is 10.2. The summed E-state index contributed by atoms with van der Waals surface area (Å²) in [5.41, 5.74) is 0.542. The predicted molar refractivity (Wildman–Crippen MR) is 127 cm³/mol. The minimum atomic E-state index is -0.418. The number of carbonyl (C=O) groups is 3. The Labute approximate surface area is 196 Å². The van der Waals surface area contributed by atoms with Crippen LogP contribution in [-0.4, -0.2) is 35.2 Å². The van der Waals surface area contributed by atoms with Crippen molar-refractivity contribution in [1.82, 2.24) is 0 Å². The van der Waals surface area contributed by atoms with Gasteiger partial charge in [0, 0.05) is 16.2 Å². The van der Waals surface area contributed by atoms with Crippen LogP contribution in [0.2, 0.25) is 0 Å². The molecule has 0 aliphatic carbocycles. The molecule has 0 aromatic heterocycles. The van der Waals surface area contributed by atoms with Crippen molar-refractivity contribution in [3.63, 3.8) is 0 Å². The summed E-state index contributed by atoms with van der Waals surface area (Å²) in [6, 6.07) is 14.0. The SMILES string of the molecule is C=COC(=O)CCOc1ccc(C(=O)Sc2ccc(OCCCSC(=O)C=C)cc2)cc1. The van der Waals surface area contributed by atoms with Crippen LogP contribution in [0.3, 0.4) is 0 Å². The van der Waals surface area contributed by atoms with E-state index >= 15 is 0 Å². The minimum absolute atomic E-state index is 0.0379. The van der Waals surface area contributed by atoms with Gasteiger partial charge in [0.15, 0.2) is 0 Å². The van der Waals surface area contributed by atoms with Gasteiger partial charge in [0.1, 0.15) is 11.5 Å². The molecule has 32 heavy (non-hydrogen) atoms. The Morgan fingerprint density at radius 2 is 1.50 bits per heavy atom. The van der Waals surface area contributed by atoms with Gasteiger partial charge in [-0.25, -0.2) is 0 Å². The van der Waals surface area contributed by atoms with E-state index in [1.807, 2.05) is 24.3 Å². The largest absolute Gasteiger partial charge is 0.494 e.